The molecule has 0 saturated carbocycles. The Labute approximate surface area is 129 Å². The number of pyridine rings is 1. The number of hydrogen-bond acceptors (Lipinski definition) is 3. The molecule has 3 nitrogen and oxygen atoms in total. The molecule has 1 aliphatic heterocycles. The third-order valence-electron chi connectivity index (χ3n) is 4.06. The summed E-state index contributed by atoms with van der Waals surface area (Å²) in [5.74, 6) is 0.452. The average molecular weight is 303 g/mol. The molecule has 2 aromatic rings. The molecule has 3 atom stereocenters. The van der Waals surface area contributed by atoms with E-state index in [9.17, 15) is 4.79 Å². The number of ketones is 1. The first-order valence-electron chi connectivity index (χ1n) is 7.32. The fourth-order valence-corrected chi connectivity index (χ4v) is 3.17. The van der Waals surface area contributed by atoms with Gasteiger partial charge in [-0.3, -0.25) is 14.7 Å². The summed E-state index contributed by atoms with van der Waals surface area (Å²) in [6.45, 7) is 5.02. The molecule has 0 N–H and O–H groups in total. The van der Waals surface area contributed by atoms with Gasteiger partial charge in [-0.05, 0) is 18.1 Å². The van der Waals surface area contributed by atoms with Crippen molar-refractivity contribution in [2.24, 2.45) is 5.92 Å². The molecule has 1 aliphatic rings. The highest BCUT2D eigenvalue weighted by atomic mass is 35.5. The van der Waals surface area contributed by atoms with Crippen LogP contribution in [0.2, 0.25) is 0 Å². The van der Waals surface area contributed by atoms with Crippen LogP contribution in [0.5, 0.6) is 0 Å². The second kappa shape index (κ2) is 5.74. The van der Waals surface area contributed by atoms with E-state index in [-0.39, 0.29) is 29.7 Å². The lowest BCUT2D eigenvalue weighted by atomic mass is 10.0. The van der Waals surface area contributed by atoms with Crippen LogP contribution in [0, 0.1) is 5.92 Å². The number of carbonyl (C=O) groups excluding carboxylic acids is 1. The highest BCUT2D eigenvalue weighted by molar-refractivity contribution is 6.28. The van der Waals surface area contributed by atoms with Gasteiger partial charge in [0.1, 0.15) is 0 Å². The van der Waals surface area contributed by atoms with Crippen LogP contribution in [0.25, 0.3) is 10.9 Å². The van der Waals surface area contributed by atoms with E-state index < -0.39 is 0 Å². The maximum atomic E-state index is 12.0. The van der Waals surface area contributed by atoms with Crippen molar-refractivity contribution in [3.8, 4) is 0 Å². The van der Waals surface area contributed by atoms with E-state index in [4.69, 9.17) is 16.6 Å². The largest absolute Gasteiger partial charge is 0.297 e. The van der Waals surface area contributed by atoms with Crippen LogP contribution >= 0.6 is 11.6 Å². The van der Waals surface area contributed by atoms with Gasteiger partial charge in [0.05, 0.1) is 29.2 Å². The molecule has 0 aliphatic carbocycles. The van der Waals surface area contributed by atoms with Crippen molar-refractivity contribution < 1.29 is 4.79 Å². The zero-order valence-electron chi connectivity index (χ0n) is 12.3. The van der Waals surface area contributed by atoms with Gasteiger partial charge < -0.3 is 0 Å². The normalized spacial score (nSPS) is 22.5. The maximum absolute atomic E-state index is 12.0. The lowest BCUT2D eigenvalue weighted by molar-refractivity contribution is -0.121. The molecule has 0 radical (unpaired) electrons. The molecule has 21 heavy (non-hydrogen) atoms. The Morgan fingerprint density at radius 1 is 1.33 bits per heavy atom. The van der Waals surface area contributed by atoms with Crippen LogP contribution < -0.4 is 0 Å². The number of fused-ring (bicyclic) bond motifs is 1. The summed E-state index contributed by atoms with van der Waals surface area (Å²) in [4.78, 5) is 19.0. The third kappa shape index (κ3) is 2.81. The quantitative estimate of drug-likeness (QED) is 0.627. The van der Waals surface area contributed by atoms with Gasteiger partial charge in [-0.15, -0.1) is 11.6 Å². The molecule has 3 rings (SSSR count). The zero-order valence-corrected chi connectivity index (χ0v) is 13.0. The van der Waals surface area contributed by atoms with Crippen molar-refractivity contribution in [2.75, 3.05) is 12.4 Å². The number of hydrogen-bond donors (Lipinski definition) is 0. The molecule has 1 fully saturated rings. The van der Waals surface area contributed by atoms with Crippen molar-refractivity contribution >= 4 is 28.3 Å². The Balaban J connectivity index is 1.83. The van der Waals surface area contributed by atoms with Gasteiger partial charge >= 0.3 is 0 Å². The first kappa shape index (κ1) is 14.5. The summed E-state index contributed by atoms with van der Waals surface area (Å²) >= 11 is 5.74. The number of Topliss-reactive ketones (excluding diaryl/α,β-unsaturated/α-hetero) is 1. The summed E-state index contributed by atoms with van der Waals surface area (Å²) in [7, 11) is 0. The molecule has 1 saturated heterocycles. The van der Waals surface area contributed by atoms with Gasteiger partial charge in [0, 0.05) is 11.9 Å². The summed E-state index contributed by atoms with van der Waals surface area (Å²) < 4.78 is 0. The number of nitrogens with zero attached hydrogens (tertiary/aromatic N) is 2. The SMILES string of the molecule is CC(C)[C@@H](C(=O)CCl)N1C[C@H]1c1ccc2ccccc2n1. The van der Waals surface area contributed by atoms with Crippen LogP contribution in [0.4, 0.5) is 0 Å². The van der Waals surface area contributed by atoms with Crippen molar-refractivity contribution in [3.63, 3.8) is 0 Å². The highest BCUT2D eigenvalue weighted by Crippen LogP contribution is 2.38. The van der Waals surface area contributed by atoms with Crippen molar-refractivity contribution in [2.45, 2.75) is 25.9 Å². The van der Waals surface area contributed by atoms with Crippen molar-refractivity contribution in [3.05, 3.63) is 42.1 Å². The fourth-order valence-electron chi connectivity index (χ4n) is 3.01. The second-order valence-corrected chi connectivity index (χ2v) is 6.20. The van der Waals surface area contributed by atoms with Gasteiger partial charge in [0.25, 0.3) is 0 Å². The van der Waals surface area contributed by atoms with Gasteiger partial charge in [-0.1, -0.05) is 38.1 Å². The Morgan fingerprint density at radius 2 is 2.10 bits per heavy atom. The Morgan fingerprint density at radius 3 is 2.81 bits per heavy atom. The lowest BCUT2D eigenvalue weighted by Crippen LogP contribution is -2.35. The molecular formula is C17H19ClN2O. The molecule has 1 aromatic carbocycles. The van der Waals surface area contributed by atoms with Crippen molar-refractivity contribution in [1.82, 2.24) is 9.88 Å². The minimum absolute atomic E-state index is 0.0806. The van der Waals surface area contributed by atoms with E-state index in [0.29, 0.717) is 0 Å². The molecular weight excluding hydrogens is 284 g/mol. The minimum Gasteiger partial charge on any atom is -0.297 e. The summed E-state index contributed by atoms with van der Waals surface area (Å²) in [6.07, 6.45) is 0. The molecule has 110 valence electrons. The monoisotopic (exact) mass is 302 g/mol. The third-order valence-corrected chi connectivity index (χ3v) is 4.33. The van der Waals surface area contributed by atoms with E-state index >= 15 is 0 Å². The van der Waals surface area contributed by atoms with Crippen LogP contribution in [0.15, 0.2) is 36.4 Å². The standard InChI is InChI=1S/C17H19ClN2O/c1-11(2)17(16(21)9-18)20-10-15(20)14-8-7-12-5-3-4-6-13(12)19-14/h3-8,11,15,17H,9-10H2,1-2H3/t15-,17-,20?/m0/s1. The zero-order chi connectivity index (χ0) is 15.0. The lowest BCUT2D eigenvalue weighted by Gasteiger charge is -2.20. The van der Waals surface area contributed by atoms with Gasteiger partial charge in [-0.25, -0.2) is 0 Å². The minimum atomic E-state index is -0.0965. The summed E-state index contributed by atoms with van der Waals surface area (Å²) in [5, 5.41) is 1.14. The maximum Gasteiger partial charge on any atom is 0.164 e. The Kier molecular flexibility index (Phi) is 3.96. The van der Waals surface area contributed by atoms with Gasteiger partial charge in [0.15, 0.2) is 5.78 Å². The van der Waals surface area contributed by atoms with Crippen LogP contribution in [-0.2, 0) is 4.79 Å². The number of carbonyl (C=O) groups is 1. The molecule has 1 unspecified atom stereocenters. The van der Waals surface area contributed by atoms with Crippen LogP contribution in [0.3, 0.4) is 0 Å². The predicted octanol–water partition coefficient (Wildman–Crippen LogP) is 3.42. The molecule has 2 heterocycles. The molecule has 0 spiro atoms. The van der Waals surface area contributed by atoms with Gasteiger partial charge in [0.2, 0.25) is 0 Å². The molecule has 1 aromatic heterocycles. The average Bonchev–Trinajstić information content (AvgIpc) is 3.26. The number of aromatic nitrogens is 1. The van der Waals surface area contributed by atoms with E-state index in [0.717, 1.165) is 23.1 Å². The number of alkyl halides is 1. The molecule has 4 heteroatoms. The highest BCUT2D eigenvalue weighted by Gasteiger charge is 2.45. The summed E-state index contributed by atoms with van der Waals surface area (Å²) in [6, 6.07) is 12.4. The van der Waals surface area contributed by atoms with E-state index in [1.807, 2.05) is 18.2 Å². The van der Waals surface area contributed by atoms with Crippen molar-refractivity contribution in [1.29, 1.82) is 0 Å². The number of para-hydroxylation sites is 1. The second-order valence-electron chi connectivity index (χ2n) is 5.93. The Bertz CT molecular complexity index is 671. The van der Waals surface area contributed by atoms with Gasteiger partial charge in [-0.2, -0.15) is 0 Å². The Hall–Kier alpha value is -1.45. The molecule has 0 bridgehead atoms. The van der Waals surface area contributed by atoms with Crippen LogP contribution in [-0.4, -0.2) is 34.1 Å². The first-order valence-corrected chi connectivity index (χ1v) is 7.85. The summed E-state index contributed by atoms with van der Waals surface area (Å²) in [5.41, 5.74) is 2.05. The predicted molar refractivity (Wildman–Crippen MR) is 85.5 cm³/mol. The first-order chi connectivity index (χ1) is 10.1. The van der Waals surface area contributed by atoms with Crippen LogP contribution in [0.1, 0.15) is 25.6 Å². The van der Waals surface area contributed by atoms with E-state index in [2.05, 4.69) is 36.9 Å². The fraction of sp³-hybridized carbons (Fsp3) is 0.412. The topological polar surface area (TPSA) is 33.0 Å². The van der Waals surface area contributed by atoms with E-state index in [1.165, 1.54) is 0 Å². The number of benzene rings is 1. The van der Waals surface area contributed by atoms with E-state index in [1.54, 1.807) is 0 Å². The number of rotatable bonds is 5. The smallest absolute Gasteiger partial charge is 0.164 e. The molecule has 0 amide bonds. The number of halogens is 1.